The topological polar surface area (TPSA) is 119 Å². The standard InChI is InChI=1S/C34H25N3O4S2/c1-21-14-16-22(17-15-21)29-20-42-33(28(29)19-35)37-32(39)30(23-8-3-2-4-9-23)43-25-11-7-10-24(18-25)36-31(38)26-12-5-6-13-27(26)34(40)41/h2-18,20,30H,1H3,(H,36,38)(H,37,39)(H,40,41). The molecule has 0 aliphatic heterocycles. The average molecular weight is 604 g/mol. The van der Waals surface area contributed by atoms with Crippen molar-refractivity contribution in [3.63, 3.8) is 0 Å². The molecule has 0 saturated carbocycles. The highest BCUT2D eigenvalue weighted by atomic mass is 32.2. The van der Waals surface area contributed by atoms with Crippen LogP contribution < -0.4 is 10.6 Å². The molecule has 1 unspecified atom stereocenters. The van der Waals surface area contributed by atoms with Gasteiger partial charge in [0.15, 0.2) is 0 Å². The highest BCUT2D eigenvalue weighted by molar-refractivity contribution is 8.00. The fraction of sp³-hybridized carbons (Fsp3) is 0.0588. The van der Waals surface area contributed by atoms with Crippen LogP contribution in [0.1, 0.15) is 42.7 Å². The number of carbonyl (C=O) groups is 3. The molecule has 2 amide bonds. The van der Waals surface area contributed by atoms with Crippen LogP contribution in [-0.4, -0.2) is 22.9 Å². The lowest BCUT2D eigenvalue weighted by atomic mass is 10.0. The summed E-state index contributed by atoms with van der Waals surface area (Å²) in [7, 11) is 0. The van der Waals surface area contributed by atoms with Crippen LogP contribution >= 0.6 is 23.1 Å². The fourth-order valence-electron chi connectivity index (χ4n) is 4.43. The third-order valence-electron chi connectivity index (χ3n) is 6.59. The minimum Gasteiger partial charge on any atom is -0.478 e. The van der Waals surface area contributed by atoms with Gasteiger partial charge in [-0.3, -0.25) is 9.59 Å². The van der Waals surface area contributed by atoms with Gasteiger partial charge in [0.25, 0.3) is 5.91 Å². The van der Waals surface area contributed by atoms with Gasteiger partial charge in [-0.2, -0.15) is 5.26 Å². The maximum absolute atomic E-state index is 13.8. The first kappa shape index (κ1) is 29.3. The van der Waals surface area contributed by atoms with Crippen molar-refractivity contribution in [1.29, 1.82) is 5.26 Å². The van der Waals surface area contributed by atoms with Gasteiger partial charge in [-0.1, -0.05) is 78.4 Å². The largest absolute Gasteiger partial charge is 0.478 e. The normalized spacial score (nSPS) is 11.3. The van der Waals surface area contributed by atoms with Gasteiger partial charge in [0.05, 0.1) is 16.7 Å². The van der Waals surface area contributed by atoms with Crippen molar-refractivity contribution in [1.82, 2.24) is 0 Å². The minimum absolute atomic E-state index is 0.0452. The summed E-state index contributed by atoms with van der Waals surface area (Å²) in [6, 6.07) is 32.4. The monoisotopic (exact) mass is 603 g/mol. The maximum Gasteiger partial charge on any atom is 0.336 e. The molecule has 1 heterocycles. The number of rotatable bonds is 9. The Kier molecular flexibility index (Phi) is 9.01. The summed E-state index contributed by atoms with van der Waals surface area (Å²) in [6.45, 7) is 2.00. The minimum atomic E-state index is -1.19. The zero-order chi connectivity index (χ0) is 30.3. The molecule has 0 aliphatic carbocycles. The Morgan fingerprint density at radius 1 is 0.860 bits per heavy atom. The molecule has 5 rings (SSSR count). The van der Waals surface area contributed by atoms with Crippen molar-refractivity contribution in [2.75, 3.05) is 10.6 Å². The molecule has 0 saturated heterocycles. The first-order valence-electron chi connectivity index (χ1n) is 13.2. The van der Waals surface area contributed by atoms with Gasteiger partial charge >= 0.3 is 5.97 Å². The summed E-state index contributed by atoms with van der Waals surface area (Å²) in [5, 5.41) is 26.8. The molecule has 43 heavy (non-hydrogen) atoms. The molecular weight excluding hydrogens is 579 g/mol. The second-order valence-electron chi connectivity index (χ2n) is 9.56. The number of hydrogen-bond donors (Lipinski definition) is 3. The van der Waals surface area contributed by atoms with E-state index >= 15 is 0 Å². The Labute approximate surface area is 256 Å². The number of carboxylic acid groups (broad SMARTS) is 1. The van der Waals surface area contributed by atoms with E-state index in [2.05, 4.69) is 16.7 Å². The van der Waals surface area contributed by atoms with Crippen LogP contribution in [0.5, 0.6) is 0 Å². The molecule has 4 aromatic carbocycles. The lowest BCUT2D eigenvalue weighted by molar-refractivity contribution is -0.115. The van der Waals surface area contributed by atoms with Crippen molar-refractivity contribution in [3.8, 4) is 17.2 Å². The SMILES string of the molecule is Cc1ccc(-c2csc(NC(=O)C(Sc3cccc(NC(=O)c4ccccc4C(=O)O)c3)c3ccccc3)c2C#N)cc1. The van der Waals surface area contributed by atoms with Crippen LogP contribution in [0.15, 0.2) is 113 Å². The third-order valence-corrected chi connectivity index (χ3v) is 8.73. The van der Waals surface area contributed by atoms with Gasteiger partial charge in [0.2, 0.25) is 5.91 Å². The predicted molar refractivity (Wildman–Crippen MR) is 171 cm³/mol. The van der Waals surface area contributed by atoms with Gasteiger partial charge < -0.3 is 15.7 Å². The first-order chi connectivity index (χ1) is 20.8. The highest BCUT2D eigenvalue weighted by Gasteiger charge is 2.25. The molecule has 0 spiro atoms. The van der Waals surface area contributed by atoms with Gasteiger partial charge in [-0.05, 0) is 48.4 Å². The van der Waals surface area contributed by atoms with Crippen LogP contribution in [0.2, 0.25) is 0 Å². The number of nitrogens with one attached hydrogen (secondary N) is 2. The van der Waals surface area contributed by atoms with E-state index < -0.39 is 17.1 Å². The lowest BCUT2D eigenvalue weighted by Gasteiger charge is -2.17. The molecule has 212 valence electrons. The van der Waals surface area contributed by atoms with Crippen molar-refractivity contribution < 1.29 is 19.5 Å². The number of carboxylic acids is 1. The molecule has 0 aliphatic rings. The molecule has 7 nitrogen and oxygen atoms in total. The maximum atomic E-state index is 13.8. The smallest absolute Gasteiger partial charge is 0.336 e. The van der Waals surface area contributed by atoms with Crippen LogP contribution in [0.4, 0.5) is 10.7 Å². The van der Waals surface area contributed by atoms with Gasteiger partial charge in [-0.15, -0.1) is 23.1 Å². The van der Waals surface area contributed by atoms with Crippen LogP contribution in [0.3, 0.4) is 0 Å². The molecule has 0 bridgehead atoms. The fourth-order valence-corrected chi connectivity index (χ4v) is 6.44. The Morgan fingerprint density at radius 3 is 2.26 bits per heavy atom. The summed E-state index contributed by atoms with van der Waals surface area (Å²) in [5.41, 5.74) is 4.36. The van der Waals surface area contributed by atoms with E-state index in [1.54, 1.807) is 30.3 Å². The van der Waals surface area contributed by atoms with Crippen molar-refractivity contribution in [2.24, 2.45) is 0 Å². The number of benzene rings is 4. The molecule has 3 N–H and O–H groups in total. The van der Waals surface area contributed by atoms with E-state index in [0.717, 1.165) is 22.3 Å². The van der Waals surface area contributed by atoms with Crippen LogP contribution in [-0.2, 0) is 4.79 Å². The number of hydrogen-bond acceptors (Lipinski definition) is 6. The average Bonchev–Trinajstić information content (AvgIpc) is 3.43. The van der Waals surface area contributed by atoms with Gasteiger partial charge in [-0.25, -0.2) is 4.79 Å². The van der Waals surface area contributed by atoms with Crippen molar-refractivity contribution in [3.05, 3.63) is 136 Å². The Hall–Kier alpha value is -5.17. The van der Waals surface area contributed by atoms with Crippen molar-refractivity contribution >= 4 is 51.6 Å². The van der Waals surface area contributed by atoms with Gasteiger partial charge in [0.1, 0.15) is 16.3 Å². The summed E-state index contributed by atoms with van der Waals surface area (Å²) >= 11 is 2.60. The van der Waals surface area contributed by atoms with E-state index in [0.29, 0.717) is 21.1 Å². The summed E-state index contributed by atoms with van der Waals surface area (Å²) in [4.78, 5) is 39.0. The van der Waals surface area contributed by atoms with Crippen molar-refractivity contribution in [2.45, 2.75) is 17.1 Å². The number of aryl methyl sites for hydroxylation is 1. The second-order valence-corrected chi connectivity index (χ2v) is 11.6. The quantitative estimate of drug-likeness (QED) is 0.147. The van der Waals surface area contributed by atoms with E-state index in [9.17, 15) is 24.8 Å². The predicted octanol–water partition coefficient (Wildman–Crippen LogP) is 8.02. The third kappa shape index (κ3) is 6.84. The molecule has 9 heteroatoms. The number of carbonyl (C=O) groups excluding carboxylic acids is 2. The molecule has 0 fully saturated rings. The van der Waals surface area contributed by atoms with E-state index in [-0.39, 0.29) is 17.0 Å². The Balaban J connectivity index is 1.39. The molecule has 5 aromatic rings. The summed E-state index contributed by atoms with van der Waals surface area (Å²) in [6.07, 6.45) is 0. The zero-order valence-corrected chi connectivity index (χ0v) is 24.5. The number of thiophene rings is 1. The molecule has 1 atom stereocenters. The number of amides is 2. The number of anilines is 2. The van der Waals surface area contributed by atoms with Crippen LogP contribution in [0, 0.1) is 18.3 Å². The Bertz CT molecular complexity index is 1840. The lowest BCUT2D eigenvalue weighted by Crippen LogP contribution is -2.19. The number of thioether (sulfide) groups is 1. The Morgan fingerprint density at radius 2 is 1.56 bits per heavy atom. The van der Waals surface area contributed by atoms with Gasteiger partial charge in [0, 0.05) is 21.5 Å². The number of aromatic carboxylic acids is 1. The summed E-state index contributed by atoms with van der Waals surface area (Å²) < 4.78 is 0. The first-order valence-corrected chi connectivity index (χ1v) is 14.9. The van der Waals surface area contributed by atoms with E-state index in [4.69, 9.17) is 0 Å². The molecular formula is C34H25N3O4S2. The van der Waals surface area contributed by atoms with Crippen LogP contribution in [0.25, 0.3) is 11.1 Å². The molecule has 1 aromatic heterocycles. The number of nitriles is 1. The zero-order valence-electron chi connectivity index (χ0n) is 22.9. The second kappa shape index (κ2) is 13.2. The summed E-state index contributed by atoms with van der Waals surface area (Å²) in [5.74, 6) is -2.04. The number of nitrogens with zero attached hydrogens (tertiary/aromatic N) is 1. The molecule has 0 radical (unpaired) electrons. The van der Waals surface area contributed by atoms with E-state index in [1.165, 1.54) is 35.2 Å². The highest BCUT2D eigenvalue weighted by Crippen LogP contribution is 2.40. The van der Waals surface area contributed by atoms with E-state index in [1.807, 2.05) is 73.0 Å².